The number of hydrogen-bond acceptors (Lipinski definition) is 16. The predicted octanol–water partition coefficient (Wildman–Crippen LogP) is 13.5. The van der Waals surface area contributed by atoms with E-state index in [1.807, 2.05) is 48.5 Å². The lowest BCUT2D eigenvalue weighted by Crippen LogP contribution is -2.12. The van der Waals surface area contributed by atoms with E-state index >= 15 is 8.78 Å². The molecule has 10 aromatic rings. The molecule has 0 aliphatic carbocycles. The number of thiazole rings is 2. The van der Waals surface area contributed by atoms with Crippen molar-refractivity contribution in [2.24, 2.45) is 0 Å². The number of carbonyl (C=O) groups is 1. The fraction of sp³-hybridized carbons (Fsp3) is 0.196. The van der Waals surface area contributed by atoms with Crippen LogP contribution in [0, 0.1) is 39.3 Å². The summed E-state index contributed by atoms with van der Waals surface area (Å²) in [5.41, 5.74) is 6.72. The number of carbonyl (C=O) groups excluding carboxylic acids is 1. The summed E-state index contributed by atoms with van der Waals surface area (Å²) in [7, 11) is 0. The summed E-state index contributed by atoms with van der Waals surface area (Å²) in [4.78, 5) is 25.0. The van der Waals surface area contributed by atoms with E-state index < -0.39 is 17.6 Å². The Balaban J connectivity index is 1.05. The highest BCUT2D eigenvalue weighted by Gasteiger charge is 2.29. The van der Waals surface area contributed by atoms with E-state index in [1.54, 1.807) is 87.9 Å². The molecule has 71 heavy (non-hydrogen) atoms. The minimum Gasteiger partial charge on any atom is -0.421 e. The minimum atomic E-state index is -0.879. The average molecular weight is 1030 g/mol. The Hall–Kier alpha value is -7.13. The largest absolute Gasteiger partial charge is 0.421 e. The van der Waals surface area contributed by atoms with E-state index in [4.69, 9.17) is 33.7 Å². The fourth-order valence-electron chi connectivity index (χ4n) is 7.58. The van der Waals surface area contributed by atoms with Gasteiger partial charge >= 0.3 is 5.97 Å². The first-order valence-electron chi connectivity index (χ1n) is 22.3. The second kappa shape index (κ2) is 19.6. The van der Waals surface area contributed by atoms with Gasteiger partial charge in [0.15, 0.2) is 5.69 Å². The number of nitrogens with zero attached hydrogens (tertiary/aromatic N) is 10. The third kappa shape index (κ3) is 9.71. The van der Waals surface area contributed by atoms with Gasteiger partial charge in [0, 0.05) is 64.6 Å². The standard InChI is InChI=1S/C51H42F2N10O4S4/c1-25(2)68-48-41(31-15-19-33(20-16-31)44-58-56-29(7)65-44)54-50(70-48)62-23-37(35-11-9-13-39(52)27(35)5)43(60-62)47(64)67-46-38(36-12-10-14-40(53)28(36)6)24-63(61-46)51-55-42(49(71-51)69-26(3)4)32-17-21-34(22-18-32)45-59-57-30(8)66-45/h9-26H,1-8H3. The maximum Gasteiger partial charge on any atom is 0.366 e. The van der Waals surface area contributed by atoms with E-state index in [-0.39, 0.29) is 22.1 Å². The molecule has 0 fully saturated rings. The molecule has 10 rings (SSSR count). The predicted molar refractivity (Wildman–Crippen MR) is 273 cm³/mol. The molecule has 0 N–H and O–H groups in total. The summed E-state index contributed by atoms with van der Waals surface area (Å²) in [5.74, 6) is -0.139. The van der Waals surface area contributed by atoms with E-state index in [9.17, 15) is 4.79 Å². The molecule has 14 nitrogen and oxygen atoms in total. The molecule has 0 aliphatic heterocycles. The molecule has 0 saturated carbocycles. The Morgan fingerprint density at radius 2 is 1.01 bits per heavy atom. The molecule has 0 bridgehead atoms. The van der Waals surface area contributed by atoms with Gasteiger partial charge in [-0.05, 0) is 72.5 Å². The zero-order chi connectivity index (χ0) is 49.7. The molecule has 0 aliphatic rings. The van der Waals surface area contributed by atoms with Crippen molar-refractivity contribution in [3.05, 3.63) is 138 Å². The Morgan fingerprint density at radius 3 is 1.46 bits per heavy atom. The van der Waals surface area contributed by atoms with Gasteiger partial charge in [0.25, 0.3) is 0 Å². The smallest absolute Gasteiger partial charge is 0.366 e. The van der Waals surface area contributed by atoms with Crippen molar-refractivity contribution in [2.45, 2.75) is 74.3 Å². The quantitative estimate of drug-likeness (QED) is 0.0746. The highest BCUT2D eigenvalue weighted by atomic mass is 32.2. The molecule has 6 aromatic heterocycles. The van der Waals surface area contributed by atoms with E-state index in [1.165, 1.54) is 44.2 Å². The molecule has 0 atom stereocenters. The van der Waals surface area contributed by atoms with Crippen LogP contribution in [0.2, 0.25) is 0 Å². The Labute approximate surface area is 422 Å². The van der Waals surface area contributed by atoms with Gasteiger partial charge in [-0.25, -0.2) is 32.9 Å². The topological polar surface area (TPSA) is 166 Å². The van der Waals surface area contributed by atoms with Crippen LogP contribution in [0.5, 0.6) is 5.88 Å². The monoisotopic (exact) mass is 1020 g/mol. The summed E-state index contributed by atoms with van der Waals surface area (Å²) in [5, 5.41) is 27.2. The Bertz CT molecular complexity index is 3590. The SMILES string of the molecule is Cc1nnc(-c2ccc(-c3nc(-n4cc(-c5cccc(F)c5C)c(OC(=O)c5nn(-c6nc(-c7ccc(-c8nnc(C)o8)cc7)c(SC(C)C)s6)cc5-c5cccc(F)c5C)n4)sc3SC(C)C)cc2)o1. The van der Waals surface area contributed by atoms with Gasteiger partial charge in [0.2, 0.25) is 39.7 Å². The summed E-state index contributed by atoms with van der Waals surface area (Å²) in [6.07, 6.45) is 3.33. The minimum absolute atomic E-state index is 0.111. The third-order valence-electron chi connectivity index (χ3n) is 11.0. The number of ether oxygens (including phenoxy) is 1. The molecule has 0 radical (unpaired) electrons. The first kappa shape index (κ1) is 47.5. The zero-order valence-corrected chi connectivity index (χ0v) is 42.7. The highest BCUT2D eigenvalue weighted by molar-refractivity contribution is 8.02. The van der Waals surface area contributed by atoms with Gasteiger partial charge in [0.1, 0.15) is 11.6 Å². The number of benzene rings is 4. The van der Waals surface area contributed by atoms with Crippen molar-refractivity contribution in [1.29, 1.82) is 0 Å². The molecule has 20 heteroatoms. The fourth-order valence-corrected chi connectivity index (χ4v) is 12.5. The molecule has 6 heterocycles. The summed E-state index contributed by atoms with van der Waals surface area (Å²) < 4.78 is 53.1. The summed E-state index contributed by atoms with van der Waals surface area (Å²) in [6, 6.07) is 24.7. The number of esters is 1. The Morgan fingerprint density at radius 1 is 0.577 bits per heavy atom. The van der Waals surface area contributed by atoms with Gasteiger partial charge in [-0.15, -0.1) is 49.0 Å². The van der Waals surface area contributed by atoms with Gasteiger partial charge in [-0.2, -0.15) is 5.10 Å². The number of rotatable bonds is 14. The van der Waals surface area contributed by atoms with Crippen molar-refractivity contribution in [3.8, 4) is 83.8 Å². The van der Waals surface area contributed by atoms with Crippen LogP contribution in [-0.2, 0) is 0 Å². The van der Waals surface area contributed by atoms with Gasteiger partial charge in [0.05, 0.1) is 25.4 Å². The molecular weight excluding hydrogens is 983 g/mol. The van der Waals surface area contributed by atoms with Crippen LogP contribution >= 0.6 is 46.2 Å². The van der Waals surface area contributed by atoms with Crippen LogP contribution in [0.4, 0.5) is 8.78 Å². The molecule has 0 amide bonds. The summed E-state index contributed by atoms with van der Waals surface area (Å²) >= 11 is 6.12. The number of aromatic nitrogens is 10. The van der Waals surface area contributed by atoms with Crippen molar-refractivity contribution in [2.75, 3.05) is 0 Å². The highest BCUT2D eigenvalue weighted by Crippen LogP contribution is 2.43. The van der Waals surface area contributed by atoms with E-state index in [0.717, 1.165) is 42.1 Å². The zero-order valence-electron chi connectivity index (χ0n) is 39.4. The van der Waals surface area contributed by atoms with Crippen LogP contribution in [0.3, 0.4) is 0 Å². The van der Waals surface area contributed by atoms with Crippen molar-refractivity contribution in [1.82, 2.24) is 49.9 Å². The van der Waals surface area contributed by atoms with Crippen molar-refractivity contribution >= 4 is 52.2 Å². The van der Waals surface area contributed by atoms with Crippen LogP contribution in [-0.4, -0.2) is 66.4 Å². The van der Waals surface area contributed by atoms with Crippen LogP contribution in [0.25, 0.3) is 77.9 Å². The molecule has 0 spiro atoms. The van der Waals surface area contributed by atoms with Crippen LogP contribution in [0.15, 0.2) is 115 Å². The van der Waals surface area contributed by atoms with E-state index in [0.29, 0.717) is 67.2 Å². The first-order valence-corrected chi connectivity index (χ1v) is 25.7. The van der Waals surface area contributed by atoms with Crippen LogP contribution < -0.4 is 4.74 Å². The lowest BCUT2D eigenvalue weighted by atomic mass is 10.0. The second-order valence-electron chi connectivity index (χ2n) is 16.8. The van der Waals surface area contributed by atoms with Crippen molar-refractivity contribution < 1.29 is 27.1 Å². The lowest BCUT2D eigenvalue weighted by Gasteiger charge is -2.08. The number of hydrogen-bond donors (Lipinski definition) is 0. The van der Waals surface area contributed by atoms with E-state index in [2.05, 4.69) is 48.1 Å². The molecule has 0 saturated heterocycles. The molecule has 4 aromatic carbocycles. The number of aryl methyl sites for hydroxylation is 2. The van der Waals surface area contributed by atoms with Gasteiger partial charge in [-0.3, -0.25) is 0 Å². The number of thioether (sulfide) groups is 2. The molecular formula is C51H42F2N10O4S4. The average Bonchev–Trinajstić information content (AvgIpc) is 4.22. The van der Waals surface area contributed by atoms with Gasteiger partial charge < -0.3 is 13.6 Å². The Kier molecular flexibility index (Phi) is 13.1. The first-order chi connectivity index (χ1) is 34.2. The maximum atomic E-state index is 15.3. The molecule has 358 valence electrons. The van der Waals surface area contributed by atoms with Gasteiger partial charge in [-0.1, -0.05) is 98.9 Å². The summed E-state index contributed by atoms with van der Waals surface area (Å²) in [6.45, 7) is 15.2. The normalized spacial score (nSPS) is 11.7. The second-order valence-corrected chi connectivity index (χ2v) is 22.5. The molecule has 0 unspecified atom stereocenters. The third-order valence-corrected chi connectivity index (χ3v) is 15.5. The van der Waals surface area contributed by atoms with Crippen molar-refractivity contribution in [3.63, 3.8) is 0 Å². The maximum absolute atomic E-state index is 15.3. The lowest BCUT2D eigenvalue weighted by molar-refractivity contribution is 0.0721. The van der Waals surface area contributed by atoms with Crippen LogP contribution in [0.1, 0.15) is 61.1 Å². The number of halogens is 2.